The number of hydrogen-bond donors (Lipinski definition) is 0. The molecule has 2 heteroatoms. The first-order valence-corrected chi connectivity index (χ1v) is 4.36. The van der Waals surface area contributed by atoms with E-state index in [1.54, 1.807) is 11.8 Å². The van der Waals surface area contributed by atoms with Crippen LogP contribution in [0.25, 0.3) is 0 Å². The number of aromatic nitrogens is 1. The minimum absolute atomic E-state index is 0.913. The zero-order chi connectivity index (χ0) is 7.23. The number of nitrogens with zero attached hydrogens (tertiary/aromatic N) is 1. The standard InChI is InChI=1S/C8H10NS/c1-2-10-7-8-5-3-4-6-9-8/h3-6H,1-2,7H2. The predicted octanol–water partition coefficient (Wildman–Crippen LogP) is 2.15. The van der Waals surface area contributed by atoms with Crippen molar-refractivity contribution >= 4 is 11.8 Å². The molecule has 0 aromatic carbocycles. The summed E-state index contributed by atoms with van der Waals surface area (Å²) in [5.41, 5.74) is 1.14. The van der Waals surface area contributed by atoms with Crippen LogP contribution in [0.4, 0.5) is 0 Å². The molecule has 0 aliphatic heterocycles. The third-order valence-electron chi connectivity index (χ3n) is 1.12. The molecule has 1 aromatic rings. The van der Waals surface area contributed by atoms with Crippen molar-refractivity contribution in [3.05, 3.63) is 37.0 Å². The third kappa shape index (κ3) is 2.40. The van der Waals surface area contributed by atoms with Gasteiger partial charge in [0.25, 0.3) is 0 Å². The molecule has 0 spiro atoms. The molecule has 1 nitrogen and oxygen atoms in total. The second-order valence-electron chi connectivity index (χ2n) is 1.87. The molecule has 0 fully saturated rings. The predicted molar refractivity (Wildman–Crippen MR) is 45.8 cm³/mol. The van der Waals surface area contributed by atoms with Crippen LogP contribution in [0.2, 0.25) is 0 Å². The molecule has 10 heavy (non-hydrogen) atoms. The molecule has 0 N–H and O–H groups in total. The lowest BCUT2D eigenvalue weighted by molar-refractivity contribution is 1.18. The van der Waals surface area contributed by atoms with Crippen LogP contribution in [0, 0.1) is 6.92 Å². The van der Waals surface area contributed by atoms with Crippen LogP contribution in [-0.4, -0.2) is 10.7 Å². The van der Waals surface area contributed by atoms with E-state index in [0.717, 1.165) is 17.2 Å². The fourth-order valence-electron chi connectivity index (χ4n) is 0.660. The Bertz CT molecular complexity index is 174. The maximum absolute atomic E-state index is 4.17. The number of hydrogen-bond acceptors (Lipinski definition) is 2. The van der Waals surface area contributed by atoms with Gasteiger partial charge >= 0.3 is 0 Å². The van der Waals surface area contributed by atoms with Crippen LogP contribution in [-0.2, 0) is 5.75 Å². The van der Waals surface area contributed by atoms with Gasteiger partial charge in [-0.15, -0.1) is 0 Å². The van der Waals surface area contributed by atoms with Crippen molar-refractivity contribution in [2.75, 3.05) is 5.75 Å². The zero-order valence-electron chi connectivity index (χ0n) is 5.79. The maximum Gasteiger partial charge on any atom is 0.0502 e. The monoisotopic (exact) mass is 152 g/mol. The molecule has 53 valence electrons. The minimum Gasteiger partial charge on any atom is -0.260 e. The first-order chi connectivity index (χ1) is 4.93. The Morgan fingerprint density at radius 3 is 3.00 bits per heavy atom. The van der Waals surface area contributed by atoms with Crippen LogP contribution in [0.1, 0.15) is 5.69 Å². The summed E-state index contributed by atoms with van der Waals surface area (Å²) in [6.07, 6.45) is 1.82. The Morgan fingerprint density at radius 1 is 1.50 bits per heavy atom. The van der Waals surface area contributed by atoms with E-state index in [4.69, 9.17) is 0 Å². The van der Waals surface area contributed by atoms with Gasteiger partial charge in [0.05, 0.1) is 5.69 Å². The highest BCUT2D eigenvalue weighted by atomic mass is 32.2. The second-order valence-corrected chi connectivity index (χ2v) is 2.98. The van der Waals surface area contributed by atoms with Gasteiger partial charge in [-0.1, -0.05) is 6.07 Å². The van der Waals surface area contributed by atoms with E-state index < -0.39 is 0 Å². The average Bonchev–Trinajstić information content (AvgIpc) is 2.03. The fraction of sp³-hybridized carbons (Fsp3) is 0.250. The molecule has 0 saturated heterocycles. The largest absolute Gasteiger partial charge is 0.260 e. The SMILES string of the molecule is [CH2]CSCc1ccccn1. The van der Waals surface area contributed by atoms with Crippen molar-refractivity contribution in [1.29, 1.82) is 0 Å². The van der Waals surface area contributed by atoms with Gasteiger partial charge in [-0.3, -0.25) is 4.98 Å². The topological polar surface area (TPSA) is 12.9 Å². The van der Waals surface area contributed by atoms with Gasteiger partial charge in [0.1, 0.15) is 0 Å². The molecule has 1 radical (unpaired) electrons. The summed E-state index contributed by atoms with van der Waals surface area (Å²) in [4.78, 5) is 4.17. The third-order valence-corrected chi connectivity index (χ3v) is 1.91. The maximum atomic E-state index is 4.17. The number of pyridine rings is 1. The van der Waals surface area contributed by atoms with E-state index in [2.05, 4.69) is 11.9 Å². The van der Waals surface area contributed by atoms with Gasteiger partial charge < -0.3 is 0 Å². The Kier molecular flexibility index (Phi) is 3.30. The molecule has 0 aliphatic carbocycles. The van der Waals surface area contributed by atoms with E-state index in [9.17, 15) is 0 Å². The summed E-state index contributed by atoms with van der Waals surface area (Å²) in [6.45, 7) is 3.74. The van der Waals surface area contributed by atoms with Gasteiger partial charge in [-0.05, 0) is 24.8 Å². The normalized spacial score (nSPS) is 9.70. The van der Waals surface area contributed by atoms with Crippen molar-refractivity contribution in [3.8, 4) is 0 Å². The lowest BCUT2D eigenvalue weighted by Crippen LogP contribution is -1.83. The van der Waals surface area contributed by atoms with E-state index >= 15 is 0 Å². The van der Waals surface area contributed by atoms with Crippen molar-refractivity contribution in [2.24, 2.45) is 0 Å². The highest BCUT2D eigenvalue weighted by Crippen LogP contribution is 2.07. The van der Waals surface area contributed by atoms with E-state index in [0.29, 0.717) is 0 Å². The molecule has 0 saturated carbocycles. The van der Waals surface area contributed by atoms with Crippen LogP contribution in [0.15, 0.2) is 24.4 Å². The molecule has 1 rings (SSSR count). The summed E-state index contributed by atoms with van der Waals surface area (Å²) in [5, 5.41) is 0. The highest BCUT2D eigenvalue weighted by Gasteiger charge is 1.89. The van der Waals surface area contributed by atoms with Crippen molar-refractivity contribution in [3.63, 3.8) is 0 Å². The van der Waals surface area contributed by atoms with Crippen LogP contribution >= 0.6 is 11.8 Å². The Hall–Kier alpha value is -0.500. The first kappa shape index (κ1) is 7.61. The van der Waals surface area contributed by atoms with Crippen molar-refractivity contribution in [2.45, 2.75) is 5.75 Å². The lowest BCUT2D eigenvalue weighted by Gasteiger charge is -1.95. The van der Waals surface area contributed by atoms with Gasteiger partial charge in [0.15, 0.2) is 0 Å². The number of thioether (sulfide) groups is 1. The molecule has 0 bridgehead atoms. The summed E-state index contributed by atoms with van der Waals surface area (Å²) < 4.78 is 0. The van der Waals surface area contributed by atoms with E-state index in [-0.39, 0.29) is 0 Å². The molecule has 0 aliphatic rings. The Balaban J connectivity index is 2.43. The minimum atomic E-state index is 0.913. The second kappa shape index (κ2) is 4.34. The van der Waals surface area contributed by atoms with Crippen LogP contribution in [0.3, 0.4) is 0 Å². The Morgan fingerprint density at radius 2 is 2.40 bits per heavy atom. The highest BCUT2D eigenvalue weighted by molar-refractivity contribution is 7.98. The molecule has 0 unspecified atom stereocenters. The molecule has 1 heterocycles. The molecule has 0 amide bonds. The molecular weight excluding hydrogens is 142 g/mol. The summed E-state index contributed by atoms with van der Waals surface area (Å²) in [6, 6.07) is 5.97. The van der Waals surface area contributed by atoms with Crippen molar-refractivity contribution < 1.29 is 0 Å². The number of rotatable bonds is 3. The summed E-state index contributed by atoms with van der Waals surface area (Å²) in [5.74, 6) is 1.89. The van der Waals surface area contributed by atoms with Gasteiger partial charge in [-0.25, -0.2) is 0 Å². The van der Waals surface area contributed by atoms with Crippen molar-refractivity contribution in [1.82, 2.24) is 4.98 Å². The van der Waals surface area contributed by atoms with Gasteiger partial charge in [-0.2, -0.15) is 11.8 Å². The fourth-order valence-corrected chi connectivity index (χ4v) is 1.18. The zero-order valence-corrected chi connectivity index (χ0v) is 6.60. The smallest absolute Gasteiger partial charge is 0.0502 e. The van der Waals surface area contributed by atoms with Crippen LogP contribution < -0.4 is 0 Å². The molecule has 1 aromatic heterocycles. The lowest BCUT2D eigenvalue weighted by atomic mass is 10.4. The van der Waals surface area contributed by atoms with E-state index in [1.165, 1.54) is 0 Å². The quantitative estimate of drug-likeness (QED) is 0.658. The van der Waals surface area contributed by atoms with Gasteiger partial charge in [0.2, 0.25) is 0 Å². The summed E-state index contributed by atoms with van der Waals surface area (Å²) >= 11 is 1.79. The van der Waals surface area contributed by atoms with E-state index in [1.807, 2.05) is 24.4 Å². The Labute approximate surface area is 65.9 Å². The average molecular weight is 152 g/mol. The summed E-state index contributed by atoms with van der Waals surface area (Å²) in [7, 11) is 0. The van der Waals surface area contributed by atoms with Gasteiger partial charge in [0, 0.05) is 11.9 Å². The first-order valence-electron chi connectivity index (χ1n) is 3.20. The molecular formula is C8H10NS. The van der Waals surface area contributed by atoms with Crippen LogP contribution in [0.5, 0.6) is 0 Å². The molecule has 0 atom stereocenters.